The SMILES string of the molecule is CN1C(=O)C(C)(C)c2cc(C(=O)NCC3CCCO3)ccc21. The summed E-state index contributed by atoms with van der Waals surface area (Å²) in [7, 11) is 1.77. The fourth-order valence-corrected chi connectivity index (χ4v) is 3.23. The zero-order valence-electron chi connectivity index (χ0n) is 13.3. The first-order chi connectivity index (χ1) is 10.4. The molecule has 0 spiro atoms. The Labute approximate surface area is 130 Å². The topological polar surface area (TPSA) is 58.6 Å². The number of ether oxygens (including phenoxy) is 1. The molecule has 3 rings (SSSR count). The van der Waals surface area contributed by atoms with E-state index in [9.17, 15) is 9.59 Å². The van der Waals surface area contributed by atoms with Crippen LogP contribution in [0.5, 0.6) is 0 Å². The van der Waals surface area contributed by atoms with Crippen LogP contribution in [0.4, 0.5) is 5.69 Å². The van der Waals surface area contributed by atoms with Gasteiger partial charge in [0.2, 0.25) is 5.91 Å². The van der Waals surface area contributed by atoms with Crippen LogP contribution in [0, 0.1) is 0 Å². The quantitative estimate of drug-likeness (QED) is 0.927. The van der Waals surface area contributed by atoms with Gasteiger partial charge in [0, 0.05) is 31.5 Å². The molecule has 118 valence electrons. The third-order valence-corrected chi connectivity index (χ3v) is 4.65. The second kappa shape index (κ2) is 5.39. The number of likely N-dealkylation sites (N-methyl/N-ethyl adjacent to an activating group) is 1. The minimum Gasteiger partial charge on any atom is -0.376 e. The van der Waals surface area contributed by atoms with Gasteiger partial charge in [-0.15, -0.1) is 0 Å². The highest BCUT2D eigenvalue weighted by Crippen LogP contribution is 2.40. The highest BCUT2D eigenvalue weighted by atomic mass is 16.5. The Morgan fingerprint density at radius 2 is 2.23 bits per heavy atom. The molecule has 1 fully saturated rings. The number of anilines is 1. The van der Waals surface area contributed by atoms with Gasteiger partial charge in [-0.3, -0.25) is 9.59 Å². The standard InChI is InChI=1S/C17H22N2O3/c1-17(2)13-9-11(6-7-14(13)19(3)16(17)21)15(20)18-10-12-5-4-8-22-12/h6-7,9,12H,4-5,8,10H2,1-3H3,(H,18,20). The molecule has 0 radical (unpaired) electrons. The molecule has 5 nitrogen and oxygen atoms in total. The fraction of sp³-hybridized carbons (Fsp3) is 0.529. The maximum absolute atomic E-state index is 12.3. The Balaban J connectivity index is 1.77. The summed E-state index contributed by atoms with van der Waals surface area (Å²) in [6.45, 7) is 5.11. The summed E-state index contributed by atoms with van der Waals surface area (Å²) in [5, 5.41) is 2.92. The van der Waals surface area contributed by atoms with Gasteiger partial charge in [0.1, 0.15) is 0 Å². The van der Waals surface area contributed by atoms with Gasteiger partial charge in [-0.25, -0.2) is 0 Å². The van der Waals surface area contributed by atoms with Crippen LogP contribution in [0.15, 0.2) is 18.2 Å². The molecule has 1 N–H and O–H groups in total. The van der Waals surface area contributed by atoms with Gasteiger partial charge in [-0.1, -0.05) is 0 Å². The number of nitrogens with one attached hydrogen (secondary N) is 1. The molecule has 1 aromatic carbocycles. The fourth-order valence-electron chi connectivity index (χ4n) is 3.23. The number of hydrogen-bond acceptors (Lipinski definition) is 3. The van der Waals surface area contributed by atoms with E-state index in [4.69, 9.17) is 4.74 Å². The third kappa shape index (κ3) is 2.39. The Kier molecular flexibility index (Phi) is 3.68. The summed E-state index contributed by atoms with van der Waals surface area (Å²) in [6, 6.07) is 5.46. The van der Waals surface area contributed by atoms with E-state index < -0.39 is 5.41 Å². The monoisotopic (exact) mass is 302 g/mol. The van der Waals surface area contributed by atoms with Crippen LogP contribution in [0.3, 0.4) is 0 Å². The van der Waals surface area contributed by atoms with Gasteiger partial charge in [0.05, 0.1) is 11.5 Å². The van der Waals surface area contributed by atoms with Crippen molar-refractivity contribution in [1.29, 1.82) is 0 Å². The van der Waals surface area contributed by atoms with Crippen molar-refractivity contribution in [1.82, 2.24) is 5.32 Å². The lowest BCUT2D eigenvalue weighted by Crippen LogP contribution is -2.33. The summed E-state index contributed by atoms with van der Waals surface area (Å²) in [5.74, 6) is -0.0597. The number of amides is 2. The van der Waals surface area contributed by atoms with Crippen LogP contribution in [0.25, 0.3) is 0 Å². The first-order valence-corrected chi connectivity index (χ1v) is 7.74. The van der Waals surface area contributed by atoms with E-state index in [2.05, 4.69) is 5.32 Å². The lowest BCUT2D eigenvalue weighted by Gasteiger charge is -2.17. The average Bonchev–Trinajstić information content (AvgIpc) is 3.08. The van der Waals surface area contributed by atoms with Gasteiger partial charge in [-0.2, -0.15) is 0 Å². The minimum absolute atomic E-state index is 0.0550. The average molecular weight is 302 g/mol. The zero-order valence-corrected chi connectivity index (χ0v) is 13.3. The van der Waals surface area contributed by atoms with Crippen molar-refractivity contribution < 1.29 is 14.3 Å². The van der Waals surface area contributed by atoms with Crippen LogP contribution in [-0.4, -0.2) is 38.1 Å². The predicted molar refractivity (Wildman–Crippen MR) is 84.2 cm³/mol. The number of hydrogen-bond donors (Lipinski definition) is 1. The molecule has 2 aliphatic heterocycles. The molecule has 2 heterocycles. The number of nitrogens with zero attached hydrogens (tertiary/aromatic N) is 1. The normalized spacial score (nSPS) is 22.8. The molecular formula is C17H22N2O3. The number of carbonyl (C=O) groups is 2. The Bertz CT molecular complexity index is 618. The molecule has 1 aromatic rings. The number of carbonyl (C=O) groups excluding carboxylic acids is 2. The lowest BCUT2D eigenvalue weighted by molar-refractivity contribution is -0.121. The van der Waals surface area contributed by atoms with Gasteiger partial charge in [0.15, 0.2) is 0 Å². The third-order valence-electron chi connectivity index (χ3n) is 4.65. The van der Waals surface area contributed by atoms with Crippen LogP contribution in [0.1, 0.15) is 42.6 Å². The molecule has 0 aromatic heterocycles. The molecule has 5 heteroatoms. The first-order valence-electron chi connectivity index (χ1n) is 7.74. The first kappa shape index (κ1) is 15.0. The van der Waals surface area contributed by atoms with Crippen LogP contribution in [-0.2, 0) is 14.9 Å². The van der Waals surface area contributed by atoms with Crippen molar-refractivity contribution in [2.45, 2.75) is 38.2 Å². The lowest BCUT2D eigenvalue weighted by atomic mass is 9.85. The van der Waals surface area contributed by atoms with Gasteiger partial charge in [-0.05, 0) is 50.5 Å². The van der Waals surface area contributed by atoms with Crippen molar-refractivity contribution >= 4 is 17.5 Å². The van der Waals surface area contributed by atoms with Gasteiger partial charge < -0.3 is 15.0 Å². The highest BCUT2D eigenvalue weighted by molar-refractivity contribution is 6.08. The molecule has 2 aliphatic rings. The molecule has 0 aliphatic carbocycles. The zero-order chi connectivity index (χ0) is 15.9. The molecule has 1 unspecified atom stereocenters. The van der Waals surface area contributed by atoms with E-state index in [-0.39, 0.29) is 17.9 Å². The number of rotatable bonds is 3. The number of benzene rings is 1. The molecule has 0 saturated carbocycles. The van der Waals surface area contributed by atoms with E-state index in [0.29, 0.717) is 12.1 Å². The summed E-state index contributed by atoms with van der Waals surface area (Å²) < 4.78 is 5.51. The largest absolute Gasteiger partial charge is 0.376 e. The van der Waals surface area contributed by atoms with E-state index in [1.807, 2.05) is 26.0 Å². The Morgan fingerprint density at radius 1 is 1.45 bits per heavy atom. The van der Waals surface area contributed by atoms with E-state index in [1.54, 1.807) is 18.0 Å². The maximum atomic E-state index is 12.3. The molecule has 2 amide bonds. The van der Waals surface area contributed by atoms with Crippen LogP contribution < -0.4 is 10.2 Å². The smallest absolute Gasteiger partial charge is 0.251 e. The second-order valence-corrected chi connectivity index (χ2v) is 6.57. The summed E-state index contributed by atoms with van der Waals surface area (Å²) in [5.41, 5.74) is 1.79. The predicted octanol–water partition coefficient (Wildman–Crippen LogP) is 1.85. The van der Waals surface area contributed by atoms with E-state index in [0.717, 1.165) is 30.7 Å². The van der Waals surface area contributed by atoms with Crippen molar-refractivity contribution in [2.24, 2.45) is 0 Å². The van der Waals surface area contributed by atoms with Crippen molar-refractivity contribution in [2.75, 3.05) is 25.1 Å². The van der Waals surface area contributed by atoms with Crippen LogP contribution in [0.2, 0.25) is 0 Å². The van der Waals surface area contributed by atoms with Crippen molar-refractivity contribution in [3.63, 3.8) is 0 Å². The Morgan fingerprint density at radius 3 is 2.91 bits per heavy atom. The highest BCUT2D eigenvalue weighted by Gasteiger charge is 2.42. The molecular weight excluding hydrogens is 280 g/mol. The van der Waals surface area contributed by atoms with Gasteiger partial charge in [0.25, 0.3) is 5.91 Å². The molecule has 0 bridgehead atoms. The van der Waals surface area contributed by atoms with Crippen molar-refractivity contribution in [3.8, 4) is 0 Å². The van der Waals surface area contributed by atoms with E-state index >= 15 is 0 Å². The van der Waals surface area contributed by atoms with Gasteiger partial charge >= 0.3 is 0 Å². The number of fused-ring (bicyclic) bond motifs is 1. The summed E-state index contributed by atoms with van der Waals surface area (Å²) >= 11 is 0. The maximum Gasteiger partial charge on any atom is 0.251 e. The molecule has 1 atom stereocenters. The van der Waals surface area contributed by atoms with Crippen molar-refractivity contribution in [3.05, 3.63) is 29.3 Å². The van der Waals surface area contributed by atoms with Crippen LogP contribution >= 0.6 is 0 Å². The Hall–Kier alpha value is -1.88. The minimum atomic E-state index is -0.588. The molecule has 1 saturated heterocycles. The summed E-state index contributed by atoms with van der Waals surface area (Å²) in [4.78, 5) is 26.2. The van der Waals surface area contributed by atoms with E-state index in [1.165, 1.54) is 0 Å². The summed E-state index contributed by atoms with van der Waals surface area (Å²) in [6.07, 6.45) is 2.18. The molecule has 22 heavy (non-hydrogen) atoms. The second-order valence-electron chi connectivity index (χ2n) is 6.57.